The molecule has 1 fully saturated rings. The number of benzene rings is 1. The smallest absolute Gasteiger partial charge is 0.332 e. The molecular formula is C13H13NO4. The van der Waals surface area contributed by atoms with Crippen LogP contribution in [0.5, 0.6) is 0 Å². The lowest BCUT2D eigenvalue weighted by atomic mass is 9.86. The largest absolute Gasteiger partial charge is 0.479 e. The first kappa shape index (κ1) is 12.3. The fourth-order valence-corrected chi connectivity index (χ4v) is 2.08. The van der Waals surface area contributed by atoms with Gasteiger partial charge in [0.1, 0.15) is 6.10 Å². The van der Waals surface area contributed by atoms with Crippen LogP contribution < -0.4 is 5.32 Å². The van der Waals surface area contributed by atoms with Crippen LogP contribution in [-0.4, -0.2) is 33.7 Å². The molecule has 94 valence electrons. The molecule has 5 nitrogen and oxygen atoms in total. The zero-order valence-corrected chi connectivity index (χ0v) is 9.59. The van der Waals surface area contributed by atoms with Gasteiger partial charge >= 0.3 is 5.97 Å². The molecule has 5 heteroatoms. The molecule has 18 heavy (non-hydrogen) atoms. The topological polar surface area (TPSA) is 86.6 Å². The summed E-state index contributed by atoms with van der Waals surface area (Å²) >= 11 is 0. The van der Waals surface area contributed by atoms with Gasteiger partial charge in [0.15, 0.2) is 5.54 Å². The second-order valence-electron chi connectivity index (χ2n) is 4.32. The predicted molar refractivity (Wildman–Crippen MR) is 63.8 cm³/mol. The van der Waals surface area contributed by atoms with Crippen molar-refractivity contribution in [3.8, 4) is 0 Å². The normalized spacial score (nSPS) is 27.1. The number of carbonyl (C=O) groups excluding carboxylic acids is 1. The Morgan fingerprint density at radius 1 is 1.39 bits per heavy atom. The Balaban J connectivity index is 2.38. The summed E-state index contributed by atoms with van der Waals surface area (Å²) in [6, 6.07) is 8.82. The number of aliphatic carboxylic acids is 1. The second-order valence-corrected chi connectivity index (χ2v) is 4.32. The molecule has 0 spiro atoms. The van der Waals surface area contributed by atoms with Crippen LogP contribution in [0.2, 0.25) is 0 Å². The molecule has 2 rings (SSSR count). The molecule has 0 saturated carbocycles. The van der Waals surface area contributed by atoms with Crippen molar-refractivity contribution < 1.29 is 19.8 Å². The summed E-state index contributed by atoms with van der Waals surface area (Å²) in [5.41, 5.74) is -1.13. The maximum absolute atomic E-state index is 11.5. The van der Waals surface area contributed by atoms with Crippen LogP contribution in [0.15, 0.2) is 42.5 Å². The number of aliphatic hydroxyl groups excluding tert-OH is 1. The molecular weight excluding hydrogens is 234 g/mol. The van der Waals surface area contributed by atoms with E-state index in [2.05, 4.69) is 11.9 Å². The summed E-state index contributed by atoms with van der Waals surface area (Å²) in [5.74, 6) is -1.90. The van der Waals surface area contributed by atoms with Gasteiger partial charge in [0.25, 0.3) is 0 Å². The number of rotatable bonds is 3. The Morgan fingerprint density at radius 3 is 2.44 bits per heavy atom. The number of amides is 1. The van der Waals surface area contributed by atoms with Gasteiger partial charge in [0.05, 0.1) is 0 Å². The molecule has 1 amide bonds. The highest BCUT2D eigenvalue weighted by molar-refractivity contribution is 6.03. The number of hydrogen-bond acceptors (Lipinski definition) is 3. The fraction of sp³-hybridized carbons (Fsp3) is 0.231. The maximum Gasteiger partial charge on any atom is 0.332 e. The van der Waals surface area contributed by atoms with E-state index in [0.29, 0.717) is 5.56 Å². The predicted octanol–water partition coefficient (Wildman–Crippen LogP) is 0.0994. The Morgan fingerprint density at radius 2 is 2.00 bits per heavy atom. The summed E-state index contributed by atoms with van der Waals surface area (Å²) in [5, 5.41) is 21.6. The van der Waals surface area contributed by atoms with Crippen LogP contribution in [0, 0.1) is 0 Å². The molecule has 3 N–H and O–H groups in total. The lowest BCUT2D eigenvalue weighted by molar-refractivity contribution is -0.148. The summed E-state index contributed by atoms with van der Waals surface area (Å²) < 4.78 is 0. The molecule has 2 atom stereocenters. The Kier molecular flexibility index (Phi) is 2.92. The molecule has 1 aliphatic rings. The highest BCUT2D eigenvalue weighted by Crippen LogP contribution is 2.28. The lowest BCUT2D eigenvalue weighted by Crippen LogP contribution is -2.57. The van der Waals surface area contributed by atoms with Gasteiger partial charge in [-0.3, -0.25) is 4.79 Å². The average molecular weight is 247 g/mol. The van der Waals surface area contributed by atoms with E-state index in [0.717, 1.165) is 0 Å². The first-order chi connectivity index (χ1) is 8.47. The minimum atomic E-state index is -1.73. The highest BCUT2D eigenvalue weighted by atomic mass is 16.4. The van der Waals surface area contributed by atoms with Crippen molar-refractivity contribution in [1.29, 1.82) is 0 Å². The third kappa shape index (κ3) is 1.78. The first-order valence-electron chi connectivity index (χ1n) is 5.44. The van der Waals surface area contributed by atoms with Crippen LogP contribution in [0.25, 0.3) is 0 Å². The minimum Gasteiger partial charge on any atom is -0.479 e. The molecule has 1 aliphatic heterocycles. The van der Waals surface area contributed by atoms with Crippen molar-refractivity contribution in [3.05, 3.63) is 48.0 Å². The van der Waals surface area contributed by atoms with Gasteiger partial charge < -0.3 is 15.5 Å². The molecule has 0 aromatic heterocycles. The van der Waals surface area contributed by atoms with Crippen LogP contribution in [0.3, 0.4) is 0 Å². The van der Waals surface area contributed by atoms with E-state index in [-0.39, 0.29) is 12.0 Å². The van der Waals surface area contributed by atoms with Crippen molar-refractivity contribution in [3.63, 3.8) is 0 Å². The number of carboxylic acids is 1. The molecule has 0 bridgehead atoms. The Bertz CT molecular complexity index is 511. The van der Waals surface area contributed by atoms with Crippen molar-refractivity contribution in [2.24, 2.45) is 0 Å². The number of hydrogen-bond donors (Lipinski definition) is 3. The molecule has 0 radical (unpaired) electrons. The molecule has 1 aromatic carbocycles. The zero-order chi connectivity index (χ0) is 13.3. The summed E-state index contributed by atoms with van der Waals surface area (Å²) in [6.45, 7) is 3.41. The van der Waals surface area contributed by atoms with Crippen molar-refractivity contribution in [2.75, 3.05) is 0 Å². The van der Waals surface area contributed by atoms with Crippen LogP contribution in [0.1, 0.15) is 5.56 Å². The molecule has 0 unspecified atom stereocenters. The van der Waals surface area contributed by atoms with Gasteiger partial charge in [0, 0.05) is 12.0 Å². The summed E-state index contributed by atoms with van der Waals surface area (Å²) in [6.07, 6.45) is -1.42. The van der Waals surface area contributed by atoms with Crippen LogP contribution in [0.4, 0.5) is 0 Å². The van der Waals surface area contributed by atoms with E-state index in [1.165, 1.54) is 0 Å². The van der Waals surface area contributed by atoms with E-state index >= 15 is 0 Å². The van der Waals surface area contributed by atoms with Crippen LogP contribution in [-0.2, 0) is 16.0 Å². The Labute approximate surface area is 104 Å². The van der Waals surface area contributed by atoms with Crippen molar-refractivity contribution in [2.45, 2.75) is 18.1 Å². The van der Waals surface area contributed by atoms with Gasteiger partial charge in [-0.25, -0.2) is 4.79 Å². The van der Waals surface area contributed by atoms with Gasteiger partial charge in [-0.15, -0.1) is 0 Å². The van der Waals surface area contributed by atoms with Gasteiger partial charge in [-0.1, -0.05) is 36.9 Å². The number of carboxylic acid groups (broad SMARTS) is 1. The zero-order valence-electron chi connectivity index (χ0n) is 9.59. The molecule has 1 saturated heterocycles. The maximum atomic E-state index is 11.5. The standard InChI is InChI=1S/C13H13NO4/c1-8-10(15)13(12(17)18,14-11(8)16)7-9-5-3-2-4-6-9/h2-6,10,15H,1,7H2,(H,14,16)(H,17,18)/t10-,13+/m0/s1. The monoisotopic (exact) mass is 247 g/mol. The van der Waals surface area contributed by atoms with E-state index < -0.39 is 23.5 Å². The molecule has 1 aromatic rings. The van der Waals surface area contributed by atoms with Crippen molar-refractivity contribution >= 4 is 11.9 Å². The van der Waals surface area contributed by atoms with Gasteiger partial charge in [-0.05, 0) is 5.56 Å². The van der Waals surface area contributed by atoms with Crippen LogP contribution >= 0.6 is 0 Å². The fourth-order valence-electron chi connectivity index (χ4n) is 2.08. The quantitative estimate of drug-likeness (QED) is 0.661. The number of aliphatic hydroxyl groups is 1. The van der Waals surface area contributed by atoms with Gasteiger partial charge in [0.2, 0.25) is 5.91 Å². The van der Waals surface area contributed by atoms with E-state index in [4.69, 9.17) is 0 Å². The first-order valence-corrected chi connectivity index (χ1v) is 5.44. The third-order valence-electron chi connectivity index (χ3n) is 3.13. The summed E-state index contributed by atoms with van der Waals surface area (Å²) in [4.78, 5) is 22.9. The van der Waals surface area contributed by atoms with Gasteiger partial charge in [-0.2, -0.15) is 0 Å². The lowest BCUT2D eigenvalue weighted by Gasteiger charge is -2.27. The average Bonchev–Trinajstić information content (AvgIpc) is 2.56. The number of nitrogens with one attached hydrogen (secondary N) is 1. The highest BCUT2D eigenvalue weighted by Gasteiger charge is 2.54. The SMILES string of the molecule is C=C1C(=O)N[C@@](Cc2ccccc2)(C(=O)O)[C@H]1O. The third-order valence-corrected chi connectivity index (χ3v) is 3.13. The van der Waals surface area contributed by atoms with E-state index in [1.54, 1.807) is 30.3 Å². The van der Waals surface area contributed by atoms with E-state index in [9.17, 15) is 19.8 Å². The molecule has 1 heterocycles. The molecule has 0 aliphatic carbocycles. The Hall–Kier alpha value is -2.14. The minimum absolute atomic E-state index is 0.00903. The number of carbonyl (C=O) groups is 2. The van der Waals surface area contributed by atoms with Crippen molar-refractivity contribution in [1.82, 2.24) is 5.32 Å². The second kappa shape index (κ2) is 4.27. The van der Waals surface area contributed by atoms with E-state index in [1.807, 2.05) is 0 Å². The summed E-state index contributed by atoms with van der Waals surface area (Å²) in [7, 11) is 0.